The van der Waals surface area contributed by atoms with Crippen molar-refractivity contribution in [1.82, 2.24) is 4.90 Å². The van der Waals surface area contributed by atoms with Crippen molar-refractivity contribution in [3.05, 3.63) is 0 Å². The molecule has 4 heteroatoms. The molecular formula is C13H26N2O2. The molecule has 3 atom stereocenters. The zero-order valence-electron chi connectivity index (χ0n) is 11.4. The lowest BCUT2D eigenvalue weighted by Gasteiger charge is -2.38. The Labute approximate surface area is 104 Å². The summed E-state index contributed by atoms with van der Waals surface area (Å²) in [6.07, 6.45) is 1.28. The number of nitrogens with two attached hydrogens (primary N) is 1. The van der Waals surface area contributed by atoms with Gasteiger partial charge in [0.05, 0.1) is 6.10 Å². The summed E-state index contributed by atoms with van der Waals surface area (Å²) >= 11 is 0. The van der Waals surface area contributed by atoms with E-state index in [1.54, 1.807) is 11.8 Å². The molecule has 0 aromatic heterocycles. The van der Waals surface area contributed by atoms with E-state index in [0.29, 0.717) is 12.5 Å². The minimum Gasteiger partial charge on any atom is -0.393 e. The highest BCUT2D eigenvalue weighted by Crippen LogP contribution is 2.28. The van der Waals surface area contributed by atoms with Gasteiger partial charge >= 0.3 is 0 Å². The van der Waals surface area contributed by atoms with Crippen molar-refractivity contribution in [2.75, 3.05) is 13.1 Å². The van der Waals surface area contributed by atoms with Crippen LogP contribution in [0.1, 0.15) is 40.5 Å². The number of carbonyl (C=O) groups is 1. The fourth-order valence-electron chi connectivity index (χ4n) is 2.34. The first-order valence-corrected chi connectivity index (χ1v) is 6.39. The van der Waals surface area contributed by atoms with E-state index in [2.05, 4.69) is 0 Å². The Morgan fingerprint density at radius 3 is 2.53 bits per heavy atom. The van der Waals surface area contributed by atoms with Crippen LogP contribution in [0.2, 0.25) is 0 Å². The Balaban J connectivity index is 2.56. The summed E-state index contributed by atoms with van der Waals surface area (Å²) in [5, 5.41) is 10.1. The largest absolute Gasteiger partial charge is 0.393 e. The quantitative estimate of drug-likeness (QED) is 0.758. The molecule has 4 nitrogen and oxygen atoms in total. The molecule has 0 saturated carbocycles. The SMILES string of the molecule is CC(=O)N1CC(N)CC(CC(O)C(C)(C)C)C1. The van der Waals surface area contributed by atoms with Crippen molar-refractivity contribution < 1.29 is 9.90 Å². The number of nitrogens with zero attached hydrogens (tertiary/aromatic N) is 1. The predicted molar refractivity (Wildman–Crippen MR) is 68.4 cm³/mol. The average Bonchev–Trinajstić information content (AvgIpc) is 2.14. The van der Waals surface area contributed by atoms with E-state index in [4.69, 9.17) is 5.73 Å². The summed E-state index contributed by atoms with van der Waals surface area (Å²) in [5.74, 6) is 0.396. The van der Waals surface area contributed by atoms with Gasteiger partial charge in [0.25, 0.3) is 0 Å². The van der Waals surface area contributed by atoms with Gasteiger partial charge in [0, 0.05) is 26.1 Å². The molecule has 0 aromatic carbocycles. The summed E-state index contributed by atoms with van der Waals surface area (Å²) in [5.41, 5.74) is 5.85. The summed E-state index contributed by atoms with van der Waals surface area (Å²) < 4.78 is 0. The van der Waals surface area contributed by atoms with Gasteiger partial charge in [0.1, 0.15) is 0 Å². The Morgan fingerprint density at radius 2 is 2.06 bits per heavy atom. The number of likely N-dealkylation sites (tertiary alicyclic amines) is 1. The molecule has 1 amide bonds. The number of carbonyl (C=O) groups excluding carboxylic acids is 1. The molecule has 1 rings (SSSR count). The van der Waals surface area contributed by atoms with Crippen LogP contribution in [0.25, 0.3) is 0 Å². The van der Waals surface area contributed by atoms with E-state index in [9.17, 15) is 9.90 Å². The van der Waals surface area contributed by atoms with Crippen LogP contribution in [0.5, 0.6) is 0 Å². The number of hydrogen-bond acceptors (Lipinski definition) is 3. The molecule has 1 aliphatic rings. The van der Waals surface area contributed by atoms with Gasteiger partial charge in [-0.05, 0) is 24.2 Å². The molecule has 1 aliphatic heterocycles. The molecule has 1 saturated heterocycles. The first-order chi connectivity index (χ1) is 7.70. The Hall–Kier alpha value is -0.610. The Morgan fingerprint density at radius 1 is 1.47 bits per heavy atom. The van der Waals surface area contributed by atoms with Gasteiger partial charge in [-0.25, -0.2) is 0 Å². The number of rotatable bonds is 2. The maximum Gasteiger partial charge on any atom is 0.219 e. The third-order valence-corrected chi connectivity index (χ3v) is 3.57. The van der Waals surface area contributed by atoms with Gasteiger partial charge < -0.3 is 15.7 Å². The highest BCUT2D eigenvalue weighted by atomic mass is 16.3. The normalized spacial score (nSPS) is 28.0. The maximum atomic E-state index is 11.4. The first kappa shape index (κ1) is 14.5. The number of piperidine rings is 1. The van der Waals surface area contributed by atoms with Crippen molar-refractivity contribution in [3.63, 3.8) is 0 Å². The monoisotopic (exact) mass is 242 g/mol. The van der Waals surface area contributed by atoms with Crippen LogP contribution in [0.4, 0.5) is 0 Å². The van der Waals surface area contributed by atoms with Gasteiger partial charge in [0.15, 0.2) is 0 Å². The minimum absolute atomic E-state index is 0.0461. The number of aliphatic hydroxyl groups is 1. The maximum absolute atomic E-state index is 11.4. The fourth-order valence-corrected chi connectivity index (χ4v) is 2.34. The van der Waals surface area contributed by atoms with Gasteiger partial charge in [-0.2, -0.15) is 0 Å². The second kappa shape index (κ2) is 5.36. The lowest BCUT2D eigenvalue weighted by atomic mass is 9.80. The van der Waals surface area contributed by atoms with Crippen LogP contribution in [0.3, 0.4) is 0 Å². The third kappa shape index (κ3) is 4.28. The molecule has 3 unspecified atom stereocenters. The van der Waals surface area contributed by atoms with Gasteiger partial charge in [-0.3, -0.25) is 4.79 Å². The topological polar surface area (TPSA) is 66.6 Å². The van der Waals surface area contributed by atoms with Crippen LogP contribution >= 0.6 is 0 Å². The van der Waals surface area contributed by atoms with Crippen LogP contribution in [-0.2, 0) is 4.79 Å². The van der Waals surface area contributed by atoms with E-state index in [0.717, 1.165) is 19.4 Å². The Bertz CT molecular complexity index is 273. The molecule has 0 bridgehead atoms. The second-order valence-corrected chi connectivity index (χ2v) is 6.40. The van der Waals surface area contributed by atoms with Crippen LogP contribution in [0, 0.1) is 11.3 Å². The lowest BCUT2D eigenvalue weighted by Crippen LogP contribution is -2.49. The molecule has 0 spiro atoms. The van der Waals surface area contributed by atoms with Gasteiger partial charge in [-0.1, -0.05) is 20.8 Å². The molecule has 3 N–H and O–H groups in total. The van der Waals surface area contributed by atoms with Crippen molar-refractivity contribution in [2.24, 2.45) is 17.1 Å². The van der Waals surface area contributed by atoms with Crippen LogP contribution in [-0.4, -0.2) is 41.1 Å². The first-order valence-electron chi connectivity index (χ1n) is 6.39. The van der Waals surface area contributed by atoms with Crippen molar-refractivity contribution in [3.8, 4) is 0 Å². The summed E-state index contributed by atoms with van der Waals surface area (Å²) in [4.78, 5) is 13.2. The van der Waals surface area contributed by atoms with E-state index in [1.807, 2.05) is 20.8 Å². The molecule has 100 valence electrons. The van der Waals surface area contributed by atoms with Crippen LogP contribution < -0.4 is 5.73 Å². The average molecular weight is 242 g/mol. The highest BCUT2D eigenvalue weighted by Gasteiger charge is 2.31. The molecular weight excluding hydrogens is 216 g/mol. The molecule has 1 heterocycles. The van der Waals surface area contributed by atoms with E-state index in [1.165, 1.54) is 0 Å². The number of aliphatic hydroxyl groups excluding tert-OH is 1. The predicted octanol–water partition coefficient (Wildman–Crippen LogP) is 0.979. The number of amides is 1. The summed E-state index contributed by atoms with van der Waals surface area (Å²) in [6, 6.07) is 0.0461. The lowest BCUT2D eigenvalue weighted by molar-refractivity contribution is -0.131. The molecule has 0 radical (unpaired) electrons. The van der Waals surface area contributed by atoms with Gasteiger partial charge in [-0.15, -0.1) is 0 Å². The fraction of sp³-hybridized carbons (Fsp3) is 0.923. The summed E-state index contributed by atoms with van der Waals surface area (Å²) in [7, 11) is 0. The zero-order valence-corrected chi connectivity index (χ0v) is 11.4. The zero-order chi connectivity index (χ0) is 13.2. The van der Waals surface area contributed by atoms with E-state index >= 15 is 0 Å². The summed E-state index contributed by atoms with van der Waals surface area (Å²) in [6.45, 7) is 9.05. The van der Waals surface area contributed by atoms with Gasteiger partial charge in [0.2, 0.25) is 5.91 Å². The van der Waals surface area contributed by atoms with E-state index in [-0.39, 0.29) is 23.5 Å². The van der Waals surface area contributed by atoms with Crippen molar-refractivity contribution in [1.29, 1.82) is 0 Å². The molecule has 0 aromatic rings. The molecule has 17 heavy (non-hydrogen) atoms. The van der Waals surface area contributed by atoms with Crippen LogP contribution in [0.15, 0.2) is 0 Å². The standard InChI is InChI=1S/C13H26N2O2/c1-9(16)15-7-10(5-11(14)8-15)6-12(17)13(2,3)4/h10-12,17H,5-8,14H2,1-4H3. The molecule has 1 fully saturated rings. The highest BCUT2D eigenvalue weighted by molar-refractivity contribution is 5.73. The second-order valence-electron chi connectivity index (χ2n) is 6.40. The van der Waals surface area contributed by atoms with Crippen molar-refractivity contribution in [2.45, 2.75) is 52.7 Å². The van der Waals surface area contributed by atoms with E-state index < -0.39 is 0 Å². The third-order valence-electron chi connectivity index (χ3n) is 3.57. The molecule has 0 aliphatic carbocycles. The number of hydrogen-bond donors (Lipinski definition) is 2. The smallest absolute Gasteiger partial charge is 0.219 e. The van der Waals surface area contributed by atoms with Crippen molar-refractivity contribution >= 4 is 5.91 Å². The minimum atomic E-state index is -0.341. The Kier molecular flexibility index (Phi) is 4.55.